The van der Waals surface area contributed by atoms with Crippen LogP contribution in [0.25, 0.3) is 28.0 Å². The van der Waals surface area contributed by atoms with Crippen molar-refractivity contribution in [1.29, 1.82) is 0 Å². The molecule has 1 fully saturated rings. The summed E-state index contributed by atoms with van der Waals surface area (Å²) in [5, 5.41) is 9.03. The number of rotatable bonds is 6. The van der Waals surface area contributed by atoms with Crippen molar-refractivity contribution < 1.29 is 9.13 Å². The van der Waals surface area contributed by atoms with Crippen molar-refractivity contribution in [2.75, 3.05) is 50.4 Å². The molecule has 1 aliphatic heterocycles. The molecular weight excluding hydrogens is 445 g/mol. The maximum Gasteiger partial charge on any atom is 0.225 e. The molecule has 0 spiro atoms. The molecule has 1 saturated heterocycles. The Morgan fingerprint density at radius 1 is 1.09 bits per heavy atom. The minimum atomic E-state index is -0.377. The van der Waals surface area contributed by atoms with Crippen LogP contribution in [0.2, 0.25) is 5.02 Å². The highest BCUT2D eigenvalue weighted by Gasteiger charge is 2.20. The summed E-state index contributed by atoms with van der Waals surface area (Å²) < 4.78 is 20.7. The Morgan fingerprint density at radius 2 is 1.91 bits per heavy atom. The molecule has 8 nitrogen and oxygen atoms in total. The van der Waals surface area contributed by atoms with Crippen LogP contribution in [0, 0.1) is 5.82 Å². The Bertz CT molecular complexity index is 1290. The van der Waals surface area contributed by atoms with Gasteiger partial charge in [-0.1, -0.05) is 29.8 Å². The molecule has 0 bridgehead atoms. The van der Waals surface area contributed by atoms with Gasteiger partial charge >= 0.3 is 0 Å². The number of fused-ring (bicyclic) bond motifs is 1. The Labute approximate surface area is 195 Å². The lowest BCUT2D eigenvalue weighted by Crippen LogP contribution is -2.39. The molecule has 2 aromatic heterocycles. The summed E-state index contributed by atoms with van der Waals surface area (Å²) in [5.41, 5.74) is 8.78. The van der Waals surface area contributed by atoms with E-state index in [1.807, 2.05) is 18.2 Å². The number of aromatic nitrogens is 4. The van der Waals surface area contributed by atoms with Gasteiger partial charge in [0.1, 0.15) is 11.6 Å². The lowest BCUT2D eigenvalue weighted by Gasteiger charge is -2.26. The summed E-state index contributed by atoms with van der Waals surface area (Å²) >= 11 is 6.25. The largest absolute Gasteiger partial charge is 0.383 e. The summed E-state index contributed by atoms with van der Waals surface area (Å²) in [5.74, 6) is 0.387. The molecule has 0 amide bonds. The normalized spacial score (nSPS) is 14.6. The van der Waals surface area contributed by atoms with Crippen LogP contribution in [-0.2, 0) is 4.74 Å². The van der Waals surface area contributed by atoms with Crippen molar-refractivity contribution in [2.24, 2.45) is 0 Å². The van der Waals surface area contributed by atoms with E-state index in [4.69, 9.17) is 27.1 Å². The van der Waals surface area contributed by atoms with Crippen molar-refractivity contribution in [3.05, 3.63) is 59.4 Å². The highest BCUT2D eigenvalue weighted by atomic mass is 35.5. The SMILES string of the molecule is Nc1c2c(-c3cccc(Cl)c3)nc(NCCN3CCOCC3)nc2nn1-c1cccc(F)c1. The first-order valence-electron chi connectivity index (χ1n) is 10.7. The molecule has 0 atom stereocenters. The van der Waals surface area contributed by atoms with Crippen molar-refractivity contribution in [2.45, 2.75) is 0 Å². The standard InChI is InChI=1S/C23H23ClFN7O/c24-16-4-1-3-15(13-16)20-19-21(26)32(18-6-2-5-17(25)14-18)30-22(19)29-23(28-20)27-7-8-31-9-11-33-12-10-31/h1-6,13-14H,7-12,26H2,(H,27,29,30). The second-order valence-electron chi connectivity index (χ2n) is 7.76. The van der Waals surface area contributed by atoms with E-state index >= 15 is 0 Å². The highest BCUT2D eigenvalue weighted by Crippen LogP contribution is 2.33. The molecule has 4 aromatic rings. The Morgan fingerprint density at radius 3 is 2.70 bits per heavy atom. The number of anilines is 2. The van der Waals surface area contributed by atoms with Gasteiger partial charge in [0, 0.05) is 36.8 Å². The van der Waals surface area contributed by atoms with E-state index in [1.54, 1.807) is 18.2 Å². The number of nitrogens with two attached hydrogens (primary N) is 1. The van der Waals surface area contributed by atoms with Crippen LogP contribution in [0.1, 0.15) is 0 Å². The third-order valence-corrected chi connectivity index (χ3v) is 5.77. The number of hydrogen-bond donors (Lipinski definition) is 2. The third-order valence-electron chi connectivity index (χ3n) is 5.53. The summed E-state index contributed by atoms with van der Waals surface area (Å²) in [6.45, 7) is 4.82. The molecule has 2 aromatic carbocycles. The molecule has 170 valence electrons. The van der Waals surface area contributed by atoms with Crippen LogP contribution < -0.4 is 11.1 Å². The number of halogens is 2. The smallest absolute Gasteiger partial charge is 0.225 e. The number of ether oxygens (including phenoxy) is 1. The van der Waals surface area contributed by atoms with Gasteiger partial charge in [-0.3, -0.25) is 4.90 Å². The second kappa shape index (κ2) is 9.30. The van der Waals surface area contributed by atoms with E-state index in [0.717, 1.165) is 38.4 Å². The van der Waals surface area contributed by atoms with E-state index in [2.05, 4.69) is 20.3 Å². The van der Waals surface area contributed by atoms with Gasteiger partial charge in [0.15, 0.2) is 5.65 Å². The maximum absolute atomic E-state index is 13.8. The summed E-state index contributed by atoms with van der Waals surface area (Å²) in [6, 6.07) is 13.5. The number of hydrogen-bond acceptors (Lipinski definition) is 7. The van der Waals surface area contributed by atoms with Crippen LogP contribution in [-0.4, -0.2) is 64.0 Å². The van der Waals surface area contributed by atoms with E-state index < -0.39 is 0 Å². The van der Waals surface area contributed by atoms with Crippen LogP contribution in [0.5, 0.6) is 0 Å². The van der Waals surface area contributed by atoms with Crippen LogP contribution >= 0.6 is 11.6 Å². The van der Waals surface area contributed by atoms with Crippen LogP contribution in [0.3, 0.4) is 0 Å². The highest BCUT2D eigenvalue weighted by molar-refractivity contribution is 6.30. The first-order valence-corrected chi connectivity index (χ1v) is 11.1. The van der Waals surface area contributed by atoms with Gasteiger partial charge in [-0.2, -0.15) is 4.98 Å². The van der Waals surface area contributed by atoms with Crippen molar-refractivity contribution >= 4 is 34.4 Å². The Kier molecular flexibility index (Phi) is 6.08. The molecule has 3 N–H and O–H groups in total. The zero-order valence-corrected chi connectivity index (χ0v) is 18.6. The van der Waals surface area contributed by atoms with Crippen LogP contribution in [0.15, 0.2) is 48.5 Å². The lowest BCUT2D eigenvalue weighted by atomic mass is 10.1. The molecule has 1 aliphatic rings. The molecular formula is C23H23ClFN7O. The molecule has 0 aliphatic carbocycles. The molecule has 3 heterocycles. The Hall–Kier alpha value is -3.27. The van der Waals surface area contributed by atoms with Gasteiger partial charge in [-0.25, -0.2) is 14.1 Å². The average Bonchev–Trinajstić information content (AvgIpc) is 3.16. The fourth-order valence-electron chi connectivity index (χ4n) is 3.89. The second-order valence-corrected chi connectivity index (χ2v) is 8.20. The zero-order valence-electron chi connectivity index (χ0n) is 17.8. The molecule has 0 unspecified atom stereocenters. The third kappa shape index (κ3) is 4.61. The molecule has 5 rings (SSSR count). The van der Waals surface area contributed by atoms with Crippen molar-refractivity contribution in [3.8, 4) is 16.9 Å². The summed E-state index contributed by atoms with van der Waals surface area (Å²) in [4.78, 5) is 11.7. The summed E-state index contributed by atoms with van der Waals surface area (Å²) in [6.07, 6.45) is 0. The number of nitrogens with one attached hydrogen (secondary N) is 1. The zero-order chi connectivity index (χ0) is 22.8. The topological polar surface area (TPSA) is 94.1 Å². The average molecular weight is 468 g/mol. The molecule has 0 radical (unpaired) electrons. The van der Waals surface area contributed by atoms with Crippen molar-refractivity contribution in [1.82, 2.24) is 24.6 Å². The van der Waals surface area contributed by atoms with Gasteiger partial charge in [0.2, 0.25) is 5.95 Å². The fourth-order valence-corrected chi connectivity index (χ4v) is 4.08. The number of nitrogen functional groups attached to an aromatic ring is 1. The van der Waals surface area contributed by atoms with Crippen molar-refractivity contribution in [3.63, 3.8) is 0 Å². The number of morpholine rings is 1. The van der Waals surface area contributed by atoms with Gasteiger partial charge in [0.05, 0.1) is 30.0 Å². The van der Waals surface area contributed by atoms with Gasteiger partial charge in [-0.05, 0) is 30.3 Å². The van der Waals surface area contributed by atoms with Crippen LogP contribution in [0.4, 0.5) is 16.2 Å². The minimum absolute atomic E-state index is 0.324. The van der Waals surface area contributed by atoms with E-state index in [1.165, 1.54) is 16.8 Å². The molecule has 33 heavy (non-hydrogen) atoms. The summed E-state index contributed by atoms with van der Waals surface area (Å²) in [7, 11) is 0. The fraction of sp³-hybridized carbons (Fsp3) is 0.261. The van der Waals surface area contributed by atoms with E-state index in [-0.39, 0.29) is 5.82 Å². The first kappa shape index (κ1) is 21.6. The van der Waals surface area contributed by atoms with E-state index in [0.29, 0.717) is 45.7 Å². The minimum Gasteiger partial charge on any atom is -0.383 e. The van der Waals surface area contributed by atoms with Gasteiger partial charge in [-0.15, -0.1) is 5.10 Å². The predicted molar refractivity (Wildman–Crippen MR) is 127 cm³/mol. The Balaban J connectivity index is 1.55. The predicted octanol–water partition coefficient (Wildman–Crippen LogP) is 3.60. The first-order chi connectivity index (χ1) is 16.1. The number of benzene rings is 2. The van der Waals surface area contributed by atoms with Gasteiger partial charge < -0.3 is 15.8 Å². The maximum atomic E-state index is 13.8. The van der Waals surface area contributed by atoms with E-state index in [9.17, 15) is 4.39 Å². The van der Waals surface area contributed by atoms with Gasteiger partial charge in [0.25, 0.3) is 0 Å². The molecule has 10 heteroatoms. The monoisotopic (exact) mass is 467 g/mol. The quantitative estimate of drug-likeness (QED) is 0.447. The lowest BCUT2D eigenvalue weighted by molar-refractivity contribution is 0.0398. The molecule has 0 saturated carbocycles. The number of nitrogens with zero attached hydrogens (tertiary/aromatic N) is 5.